The summed E-state index contributed by atoms with van der Waals surface area (Å²) in [5.41, 5.74) is 21.2. The van der Waals surface area contributed by atoms with E-state index in [9.17, 15) is 0 Å². The lowest BCUT2D eigenvalue weighted by atomic mass is 9.92. The summed E-state index contributed by atoms with van der Waals surface area (Å²) in [6, 6.07) is 93.4. The lowest BCUT2D eigenvalue weighted by Crippen LogP contribution is -1.93. The molecule has 2 heterocycles. The smallest absolute Gasteiger partial charge is 0.143 e. The van der Waals surface area contributed by atoms with Crippen LogP contribution in [0, 0.1) is 0 Å². The SMILES string of the molecule is c1ccc(-c2cccc(-c3ccc4oc5c(-c6cccc(-c7cnc8c9ccc(-c%10ccccc%10)cc9c9cc(-c%10ccccc%10)ccc9c8n7)c6)cc(-c6cccc(-c7ccccc7)c6)cc5c4c3)c2)cc1. The lowest BCUT2D eigenvalue weighted by Gasteiger charge is -2.14. The van der Waals surface area contributed by atoms with Crippen LogP contribution in [0.4, 0.5) is 0 Å². The molecule has 12 aromatic carbocycles. The van der Waals surface area contributed by atoms with Gasteiger partial charge in [0.2, 0.25) is 0 Å². The van der Waals surface area contributed by atoms with Crippen LogP contribution < -0.4 is 0 Å². The molecule has 0 N–H and O–H groups in total. The third-order valence-corrected chi connectivity index (χ3v) is 14.5. The van der Waals surface area contributed by atoms with E-state index in [-0.39, 0.29) is 0 Å². The summed E-state index contributed by atoms with van der Waals surface area (Å²) in [6.45, 7) is 0. The zero-order chi connectivity index (χ0) is 48.2. The average molecular weight is 929 g/mol. The molecule has 14 aromatic rings. The van der Waals surface area contributed by atoms with Gasteiger partial charge in [-0.2, -0.15) is 0 Å². The van der Waals surface area contributed by atoms with Crippen molar-refractivity contribution in [3.63, 3.8) is 0 Å². The Kier molecular flexibility index (Phi) is 10.2. The van der Waals surface area contributed by atoms with Crippen molar-refractivity contribution in [2.45, 2.75) is 0 Å². The number of hydrogen-bond acceptors (Lipinski definition) is 3. The summed E-state index contributed by atoms with van der Waals surface area (Å²) in [7, 11) is 0. The fraction of sp³-hybridized carbons (Fsp3) is 0. The van der Waals surface area contributed by atoms with Gasteiger partial charge in [-0.25, -0.2) is 4.98 Å². The molecule has 3 nitrogen and oxygen atoms in total. The number of rotatable bonds is 8. The minimum atomic E-state index is 0.804. The van der Waals surface area contributed by atoms with Crippen molar-refractivity contribution in [1.29, 1.82) is 0 Å². The van der Waals surface area contributed by atoms with Crippen LogP contribution in [0.3, 0.4) is 0 Å². The molecule has 73 heavy (non-hydrogen) atoms. The van der Waals surface area contributed by atoms with Crippen LogP contribution >= 0.6 is 0 Å². The third kappa shape index (κ3) is 7.63. The summed E-state index contributed by atoms with van der Waals surface area (Å²) in [6.07, 6.45) is 1.94. The van der Waals surface area contributed by atoms with E-state index in [1.165, 1.54) is 38.9 Å². The van der Waals surface area contributed by atoms with Crippen LogP contribution in [0.25, 0.3) is 144 Å². The number of nitrogens with zero attached hydrogens (tertiary/aromatic N) is 2. The second-order valence-corrected chi connectivity index (χ2v) is 18.9. The Morgan fingerprint density at radius 1 is 0.247 bits per heavy atom. The van der Waals surface area contributed by atoms with Gasteiger partial charge in [-0.3, -0.25) is 4.98 Å². The normalized spacial score (nSPS) is 11.6. The van der Waals surface area contributed by atoms with Crippen molar-refractivity contribution < 1.29 is 4.42 Å². The van der Waals surface area contributed by atoms with Crippen molar-refractivity contribution in [2.24, 2.45) is 0 Å². The Labute approximate surface area is 423 Å². The topological polar surface area (TPSA) is 38.9 Å². The molecule has 0 amide bonds. The molecule has 0 saturated carbocycles. The molecule has 0 aliphatic heterocycles. The lowest BCUT2D eigenvalue weighted by molar-refractivity contribution is 0.670. The Morgan fingerprint density at radius 2 is 0.644 bits per heavy atom. The van der Waals surface area contributed by atoms with Gasteiger partial charge in [0, 0.05) is 32.7 Å². The first-order chi connectivity index (χ1) is 36.1. The number of furan rings is 1. The number of hydrogen-bond donors (Lipinski definition) is 0. The Balaban J connectivity index is 0.934. The molecule has 0 radical (unpaired) electrons. The van der Waals surface area contributed by atoms with Crippen molar-refractivity contribution in [3.05, 3.63) is 267 Å². The highest BCUT2D eigenvalue weighted by molar-refractivity contribution is 6.24. The van der Waals surface area contributed by atoms with Crippen LogP contribution in [-0.2, 0) is 0 Å². The van der Waals surface area contributed by atoms with Gasteiger partial charge in [0.1, 0.15) is 11.2 Å². The maximum Gasteiger partial charge on any atom is 0.143 e. The first-order valence-corrected chi connectivity index (χ1v) is 24.9. The average Bonchev–Trinajstić information content (AvgIpc) is 3.85. The highest BCUT2D eigenvalue weighted by Crippen LogP contribution is 2.43. The van der Waals surface area contributed by atoms with Crippen molar-refractivity contribution in [1.82, 2.24) is 9.97 Å². The van der Waals surface area contributed by atoms with Gasteiger partial charge in [0.15, 0.2) is 0 Å². The molecule has 340 valence electrons. The molecule has 0 fully saturated rings. The van der Waals surface area contributed by atoms with Crippen LogP contribution in [0.1, 0.15) is 0 Å². The predicted molar refractivity (Wildman–Crippen MR) is 305 cm³/mol. The van der Waals surface area contributed by atoms with Gasteiger partial charge in [0.25, 0.3) is 0 Å². The molecule has 0 unspecified atom stereocenters. The molecular weight excluding hydrogens is 885 g/mol. The number of benzene rings is 12. The fourth-order valence-electron chi connectivity index (χ4n) is 10.8. The highest BCUT2D eigenvalue weighted by atomic mass is 16.3. The molecular formula is C70H44N2O. The first kappa shape index (κ1) is 42.2. The summed E-state index contributed by atoms with van der Waals surface area (Å²) in [4.78, 5) is 10.8. The molecule has 0 bridgehead atoms. The molecule has 2 aromatic heterocycles. The van der Waals surface area contributed by atoms with E-state index in [4.69, 9.17) is 14.4 Å². The van der Waals surface area contributed by atoms with Crippen LogP contribution in [0.5, 0.6) is 0 Å². The molecule has 0 aliphatic carbocycles. The van der Waals surface area contributed by atoms with E-state index < -0.39 is 0 Å². The van der Waals surface area contributed by atoms with Crippen LogP contribution in [0.15, 0.2) is 271 Å². The first-order valence-electron chi connectivity index (χ1n) is 24.9. The fourth-order valence-corrected chi connectivity index (χ4v) is 10.8. The summed E-state index contributed by atoms with van der Waals surface area (Å²) < 4.78 is 6.95. The van der Waals surface area contributed by atoms with E-state index >= 15 is 0 Å². The van der Waals surface area contributed by atoms with Gasteiger partial charge in [-0.05, 0) is 138 Å². The maximum absolute atomic E-state index is 6.95. The molecule has 0 aliphatic rings. The molecule has 0 atom stereocenters. The second-order valence-electron chi connectivity index (χ2n) is 18.9. The van der Waals surface area contributed by atoms with E-state index in [2.05, 4.69) is 261 Å². The van der Waals surface area contributed by atoms with Gasteiger partial charge in [-0.1, -0.05) is 206 Å². The summed E-state index contributed by atoms with van der Waals surface area (Å²) >= 11 is 0. The minimum absolute atomic E-state index is 0.804. The van der Waals surface area contributed by atoms with Gasteiger partial charge < -0.3 is 4.42 Å². The Bertz CT molecular complexity index is 4410. The van der Waals surface area contributed by atoms with Crippen molar-refractivity contribution in [3.8, 4) is 89.1 Å². The standard InChI is InChI=1S/C70H44N2O/c1-5-16-45(17-6-1)49-24-13-26-51(36-49)55-32-35-67-64(41-55)65-43-58(52-27-14-25-50(37-52)46-18-7-2-8-19-46)42-61(70(65)73-67)56-28-15-29-57(38-56)66-44-71-68-59-33-30-53(47-20-9-3-10-21-47)39-62(59)63-40-54(48-22-11-4-12-23-48)31-34-60(63)69(68)72-66/h1-44H. The van der Waals surface area contributed by atoms with E-state index in [0.717, 1.165) is 105 Å². The monoisotopic (exact) mass is 928 g/mol. The molecule has 14 rings (SSSR count). The highest BCUT2D eigenvalue weighted by Gasteiger charge is 2.19. The van der Waals surface area contributed by atoms with E-state index in [1.54, 1.807) is 0 Å². The Hall–Kier alpha value is -9.70. The van der Waals surface area contributed by atoms with Gasteiger partial charge >= 0.3 is 0 Å². The largest absolute Gasteiger partial charge is 0.455 e. The van der Waals surface area contributed by atoms with Crippen LogP contribution in [0.2, 0.25) is 0 Å². The number of fused-ring (bicyclic) bond motifs is 9. The molecule has 0 saturated heterocycles. The van der Waals surface area contributed by atoms with Crippen molar-refractivity contribution in [2.75, 3.05) is 0 Å². The zero-order valence-corrected chi connectivity index (χ0v) is 39.7. The molecule has 3 heteroatoms. The van der Waals surface area contributed by atoms with E-state index in [0.29, 0.717) is 0 Å². The van der Waals surface area contributed by atoms with Crippen molar-refractivity contribution >= 4 is 54.5 Å². The van der Waals surface area contributed by atoms with Gasteiger partial charge in [0.05, 0.1) is 22.9 Å². The predicted octanol–water partition coefficient (Wildman–Crippen LogP) is 19.2. The van der Waals surface area contributed by atoms with Crippen LogP contribution in [-0.4, -0.2) is 9.97 Å². The number of aromatic nitrogens is 2. The zero-order valence-electron chi connectivity index (χ0n) is 39.7. The summed E-state index contributed by atoms with van der Waals surface area (Å²) in [5, 5.41) is 6.58. The summed E-state index contributed by atoms with van der Waals surface area (Å²) in [5.74, 6) is 0. The second kappa shape index (κ2) is 17.6. The quantitative estimate of drug-likeness (QED) is 0.143. The maximum atomic E-state index is 6.95. The molecule has 0 spiro atoms. The van der Waals surface area contributed by atoms with Gasteiger partial charge in [-0.15, -0.1) is 0 Å². The minimum Gasteiger partial charge on any atom is -0.455 e. The Morgan fingerprint density at radius 3 is 1.21 bits per heavy atom. The van der Waals surface area contributed by atoms with E-state index in [1.807, 2.05) is 6.20 Å². The third-order valence-electron chi connectivity index (χ3n) is 14.5.